The third-order valence-electron chi connectivity index (χ3n) is 2.74. The van der Waals surface area contributed by atoms with E-state index >= 15 is 0 Å². The SMILES string of the molecule is NC(=O)CNC(=O)N1CCOc2c(C(=O)O)cccc21. The van der Waals surface area contributed by atoms with E-state index in [2.05, 4.69) is 5.32 Å². The number of ether oxygens (including phenoxy) is 1. The molecule has 1 aliphatic rings. The Morgan fingerprint density at radius 2 is 2.15 bits per heavy atom. The van der Waals surface area contributed by atoms with E-state index in [-0.39, 0.29) is 31.0 Å². The highest BCUT2D eigenvalue weighted by atomic mass is 16.5. The molecule has 0 unspecified atom stereocenters. The monoisotopic (exact) mass is 279 g/mol. The average Bonchev–Trinajstić information content (AvgIpc) is 2.43. The summed E-state index contributed by atoms with van der Waals surface area (Å²) in [5.41, 5.74) is 5.28. The minimum absolute atomic E-state index is 0.0186. The van der Waals surface area contributed by atoms with E-state index in [1.54, 1.807) is 6.07 Å². The summed E-state index contributed by atoms with van der Waals surface area (Å²) in [6.45, 7) is 0.131. The molecule has 106 valence electrons. The van der Waals surface area contributed by atoms with Crippen molar-refractivity contribution in [3.63, 3.8) is 0 Å². The second-order valence-corrected chi connectivity index (χ2v) is 4.08. The van der Waals surface area contributed by atoms with Gasteiger partial charge in [-0.25, -0.2) is 9.59 Å². The van der Waals surface area contributed by atoms with Gasteiger partial charge in [0.25, 0.3) is 0 Å². The molecule has 1 aliphatic heterocycles. The summed E-state index contributed by atoms with van der Waals surface area (Å²) < 4.78 is 5.33. The number of carboxylic acids is 1. The lowest BCUT2D eigenvalue weighted by Crippen LogP contribution is -2.46. The molecular weight excluding hydrogens is 266 g/mol. The van der Waals surface area contributed by atoms with Crippen molar-refractivity contribution in [2.75, 3.05) is 24.6 Å². The largest absolute Gasteiger partial charge is 0.489 e. The third kappa shape index (κ3) is 2.63. The molecule has 4 N–H and O–H groups in total. The molecular formula is C12H13N3O5. The number of para-hydroxylation sites is 1. The minimum Gasteiger partial charge on any atom is -0.489 e. The molecule has 0 bridgehead atoms. The predicted octanol–water partition coefficient (Wildman–Crippen LogP) is -0.222. The number of carboxylic acid groups (broad SMARTS) is 1. The van der Waals surface area contributed by atoms with E-state index in [9.17, 15) is 14.4 Å². The van der Waals surface area contributed by atoms with Gasteiger partial charge in [-0.05, 0) is 12.1 Å². The quantitative estimate of drug-likeness (QED) is 0.706. The van der Waals surface area contributed by atoms with Crippen molar-refractivity contribution in [2.24, 2.45) is 5.73 Å². The van der Waals surface area contributed by atoms with Gasteiger partial charge in [-0.1, -0.05) is 6.07 Å². The van der Waals surface area contributed by atoms with Gasteiger partial charge in [0.15, 0.2) is 5.75 Å². The van der Waals surface area contributed by atoms with E-state index in [0.717, 1.165) is 0 Å². The molecule has 0 aliphatic carbocycles. The zero-order valence-electron chi connectivity index (χ0n) is 10.5. The maximum Gasteiger partial charge on any atom is 0.339 e. The van der Waals surface area contributed by atoms with E-state index in [1.807, 2.05) is 0 Å². The lowest BCUT2D eigenvalue weighted by Gasteiger charge is -2.30. The number of anilines is 1. The number of hydrogen-bond donors (Lipinski definition) is 3. The third-order valence-corrected chi connectivity index (χ3v) is 2.74. The number of benzene rings is 1. The van der Waals surface area contributed by atoms with Gasteiger partial charge in [0.05, 0.1) is 18.8 Å². The Hall–Kier alpha value is -2.77. The van der Waals surface area contributed by atoms with Crippen molar-refractivity contribution in [1.29, 1.82) is 0 Å². The fourth-order valence-electron chi connectivity index (χ4n) is 1.89. The summed E-state index contributed by atoms with van der Waals surface area (Å²) >= 11 is 0. The van der Waals surface area contributed by atoms with Crippen LogP contribution in [0, 0.1) is 0 Å². The minimum atomic E-state index is -1.14. The number of carbonyl (C=O) groups is 3. The van der Waals surface area contributed by atoms with Crippen LogP contribution in [0.3, 0.4) is 0 Å². The maximum atomic E-state index is 12.0. The Bertz CT molecular complexity index is 572. The highest BCUT2D eigenvalue weighted by Crippen LogP contribution is 2.34. The predicted molar refractivity (Wildman–Crippen MR) is 68.8 cm³/mol. The van der Waals surface area contributed by atoms with Crippen LogP contribution in [0.1, 0.15) is 10.4 Å². The standard InChI is InChI=1S/C12H13N3O5/c13-9(16)6-14-12(19)15-4-5-20-10-7(11(17)18)2-1-3-8(10)15/h1-3H,4-6H2,(H2,13,16)(H,14,19)(H,17,18). The van der Waals surface area contributed by atoms with Crippen molar-refractivity contribution >= 4 is 23.6 Å². The van der Waals surface area contributed by atoms with E-state index in [1.165, 1.54) is 17.0 Å². The van der Waals surface area contributed by atoms with Crippen LogP contribution in [0.25, 0.3) is 0 Å². The van der Waals surface area contributed by atoms with Crippen LogP contribution in [-0.2, 0) is 4.79 Å². The molecule has 1 heterocycles. The lowest BCUT2D eigenvalue weighted by atomic mass is 10.1. The molecule has 0 atom stereocenters. The first-order chi connectivity index (χ1) is 9.50. The van der Waals surface area contributed by atoms with Gasteiger partial charge in [0.1, 0.15) is 12.2 Å². The van der Waals surface area contributed by atoms with Crippen LogP contribution >= 0.6 is 0 Å². The van der Waals surface area contributed by atoms with E-state index in [4.69, 9.17) is 15.6 Å². The summed E-state index contributed by atoms with van der Waals surface area (Å²) in [7, 11) is 0. The first-order valence-electron chi connectivity index (χ1n) is 5.83. The Kier molecular flexibility index (Phi) is 3.74. The number of nitrogens with two attached hydrogens (primary N) is 1. The molecule has 0 saturated heterocycles. The number of aromatic carboxylic acids is 1. The molecule has 0 aromatic heterocycles. The molecule has 8 nitrogen and oxygen atoms in total. The fourth-order valence-corrected chi connectivity index (χ4v) is 1.89. The fraction of sp³-hybridized carbons (Fsp3) is 0.250. The van der Waals surface area contributed by atoms with Crippen LogP contribution in [0.2, 0.25) is 0 Å². The summed E-state index contributed by atoms with van der Waals surface area (Å²) in [6, 6.07) is 3.96. The summed E-state index contributed by atoms with van der Waals surface area (Å²) in [4.78, 5) is 35.0. The van der Waals surface area contributed by atoms with Gasteiger partial charge in [-0.3, -0.25) is 9.69 Å². The van der Waals surface area contributed by atoms with Gasteiger partial charge in [0, 0.05) is 0 Å². The van der Waals surface area contributed by atoms with Crippen LogP contribution in [-0.4, -0.2) is 42.7 Å². The Balaban J connectivity index is 2.29. The highest BCUT2D eigenvalue weighted by Gasteiger charge is 2.27. The molecule has 3 amide bonds. The smallest absolute Gasteiger partial charge is 0.339 e. The van der Waals surface area contributed by atoms with Gasteiger partial charge in [-0.2, -0.15) is 0 Å². The van der Waals surface area contributed by atoms with E-state index in [0.29, 0.717) is 5.69 Å². The molecule has 20 heavy (non-hydrogen) atoms. The zero-order chi connectivity index (χ0) is 14.7. The van der Waals surface area contributed by atoms with Gasteiger partial charge >= 0.3 is 12.0 Å². The number of urea groups is 1. The Labute approximate surface area is 114 Å². The molecule has 1 aromatic carbocycles. The van der Waals surface area contributed by atoms with Crippen molar-refractivity contribution in [3.8, 4) is 5.75 Å². The number of hydrogen-bond acceptors (Lipinski definition) is 4. The highest BCUT2D eigenvalue weighted by molar-refractivity contribution is 6.00. The van der Waals surface area contributed by atoms with Gasteiger partial charge < -0.3 is 20.9 Å². The first-order valence-corrected chi connectivity index (χ1v) is 5.83. The van der Waals surface area contributed by atoms with E-state index < -0.39 is 17.9 Å². The summed E-state index contributed by atoms with van der Waals surface area (Å²) in [5.74, 6) is -1.66. The molecule has 8 heteroatoms. The molecule has 0 spiro atoms. The van der Waals surface area contributed by atoms with Crippen LogP contribution in [0.5, 0.6) is 5.75 Å². The number of carbonyl (C=O) groups excluding carboxylic acids is 2. The number of nitrogens with zero attached hydrogens (tertiary/aromatic N) is 1. The van der Waals surface area contributed by atoms with Gasteiger partial charge in [-0.15, -0.1) is 0 Å². The molecule has 0 radical (unpaired) electrons. The molecule has 0 saturated carbocycles. The average molecular weight is 279 g/mol. The van der Waals surface area contributed by atoms with Crippen LogP contribution < -0.4 is 20.7 Å². The van der Waals surface area contributed by atoms with Crippen molar-refractivity contribution in [2.45, 2.75) is 0 Å². The number of fused-ring (bicyclic) bond motifs is 1. The zero-order valence-corrected chi connectivity index (χ0v) is 10.5. The second kappa shape index (κ2) is 5.47. The topological polar surface area (TPSA) is 122 Å². The van der Waals surface area contributed by atoms with Crippen molar-refractivity contribution in [1.82, 2.24) is 5.32 Å². The van der Waals surface area contributed by atoms with Crippen LogP contribution in [0.15, 0.2) is 18.2 Å². The van der Waals surface area contributed by atoms with Crippen molar-refractivity contribution < 1.29 is 24.2 Å². The van der Waals surface area contributed by atoms with Crippen molar-refractivity contribution in [3.05, 3.63) is 23.8 Å². The normalized spacial score (nSPS) is 13.1. The number of primary amides is 1. The Morgan fingerprint density at radius 3 is 2.80 bits per heavy atom. The number of nitrogens with one attached hydrogen (secondary N) is 1. The summed E-state index contributed by atoms with van der Waals surface area (Å²) in [5, 5.41) is 11.4. The first kappa shape index (κ1) is 13.7. The Morgan fingerprint density at radius 1 is 1.40 bits per heavy atom. The summed E-state index contributed by atoms with van der Waals surface area (Å²) in [6.07, 6.45) is 0. The molecule has 2 rings (SSSR count). The number of amides is 3. The van der Waals surface area contributed by atoms with Crippen LogP contribution in [0.4, 0.5) is 10.5 Å². The second-order valence-electron chi connectivity index (χ2n) is 4.08. The molecule has 0 fully saturated rings. The lowest BCUT2D eigenvalue weighted by molar-refractivity contribution is -0.117. The number of rotatable bonds is 3. The van der Waals surface area contributed by atoms with Gasteiger partial charge in [0.2, 0.25) is 5.91 Å². The molecule has 1 aromatic rings. The maximum absolute atomic E-state index is 12.0.